The van der Waals surface area contributed by atoms with Crippen molar-refractivity contribution in [3.05, 3.63) is 41.2 Å². The number of hydrogen-bond acceptors (Lipinski definition) is 2. The van der Waals surface area contributed by atoms with E-state index in [0.717, 1.165) is 34.9 Å². The van der Waals surface area contributed by atoms with Gasteiger partial charge in [-0.1, -0.05) is 40.7 Å². The maximum atomic E-state index is 14.5. The summed E-state index contributed by atoms with van der Waals surface area (Å²) in [5.41, 5.74) is 2.53. The maximum absolute atomic E-state index is 14.5. The van der Waals surface area contributed by atoms with Gasteiger partial charge in [0.25, 0.3) is 0 Å². The summed E-state index contributed by atoms with van der Waals surface area (Å²) in [4.78, 5) is 0. The summed E-state index contributed by atoms with van der Waals surface area (Å²) in [7, 11) is 1.62. The average molecular weight is 358 g/mol. The van der Waals surface area contributed by atoms with Crippen LogP contribution in [0.3, 0.4) is 0 Å². The summed E-state index contributed by atoms with van der Waals surface area (Å²) in [6, 6.07) is 7.57. The van der Waals surface area contributed by atoms with Crippen LogP contribution in [0.4, 0.5) is 4.39 Å². The molecule has 1 fully saturated rings. The van der Waals surface area contributed by atoms with Crippen molar-refractivity contribution in [2.45, 2.75) is 59.8 Å². The third kappa shape index (κ3) is 3.22. The first-order chi connectivity index (χ1) is 12.2. The summed E-state index contributed by atoms with van der Waals surface area (Å²) in [5.74, 6) is 1.09. The van der Waals surface area contributed by atoms with Crippen LogP contribution < -0.4 is 4.74 Å². The van der Waals surface area contributed by atoms with Gasteiger partial charge in [-0.25, -0.2) is 4.39 Å². The minimum atomic E-state index is -0.108. The average Bonchev–Trinajstić information content (AvgIpc) is 2.80. The maximum Gasteiger partial charge on any atom is 0.188 e. The highest BCUT2D eigenvalue weighted by Gasteiger charge is 2.47. The number of hydrogen-bond donors (Lipinski definition) is 0. The Labute approximate surface area is 156 Å². The fourth-order valence-electron chi connectivity index (χ4n) is 4.48. The number of halogens is 1. The van der Waals surface area contributed by atoms with Gasteiger partial charge >= 0.3 is 0 Å². The van der Waals surface area contributed by atoms with E-state index in [4.69, 9.17) is 9.47 Å². The monoisotopic (exact) mass is 358 g/mol. The summed E-state index contributed by atoms with van der Waals surface area (Å²) >= 11 is 0. The highest BCUT2D eigenvalue weighted by molar-refractivity contribution is 5.91. The fourth-order valence-corrected chi connectivity index (χ4v) is 4.48. The summed E-state index contributed by atoms with van der Waals surface area (Å²) < 4.78 is 25.4. The molecule has 0 atom stereocenters. The van der Waals surface area contributed by atoms with Gasteiger partial charge in [0.1, 0.15) is 11.6 Å². The van der Waals surface area contributed by atoms with Gasteiger partial charge in [-0.05, 0) is 76.1 Å². The zero-order valence-electron chi connectivity index (χ0n) is 16.9. The molecule has 1 aliphatic carbocycles. The summed E-state index contributed by atoms with van der Waals surface area (Å²) in [6.07, 6.45) is 2.89. The van der Waals surface area contributed by atoms with Gasteiger partial charge in [0.15, 0.2) is 6.79 Å². The second kappa shape index (κ2) is 6.84. The third-order valence-electron chi connectivity index (χ3n) is 6.65. The highest BCUT2D eigenvalue weighted by Crippen LogP contribution is 2.58. The largest absolute Gasteiger partial charge is 0.468 e. The number of fused-ring (bicyclic) bond motifs is 1. The Morgan fingerprint density at radius 2 is 1.73 bits per heavy atom. The van der Waals surface area contributed by atoms with Crippen molar-refractivity contribution in [3.63, 3.8) is 0 Å². The number of rotatable bonds is 5. The molecule has 0 aliphatic heterocycles. The van der Waals surface area contributed by atoms with E-state index < -0.39 is 0 Å². The Morgan fingerprint density at radius 1 is 1.08 bits per heavy atom. The van der Waals surface area contributed by atoms with Gasteiger partial charge in [0.2, 0.25) is 0 Å². The van der Waals surface area contributed by atoms with Gasteiger partial charge in [-0.3, -0.25) is 0 Å². The number of aryl methyl sites for hydroxylation is 1. The van der Waals surface area contributed by atoms with Gasteiger partial charge in [0.05, 0.1) is 0 Å². The van der Waals surface area contributed by atoms with Crippen molar-refractivity contribution in [1.82, 2.24) is 0 Å². The van der Waals surface area contributed by atoms with Crippen LogP contribution >= 0.6 is 0 Å². The van der Waals surface area contributed by atoms with E-state index in [-0.39, 0.29) is 23.4 Å². The third-order valence-corrected chi connectivity index (χ3v) is 6.65. The Balaban J connectivity index is 2.19. The first-order valence-electron chi connectivity index (χ1n) is 9.57. The summed E-state index contributed by atoms with van der Waals surface area (Å²) in [6.45, 7) is 11.6. The molecule has 1 aliphatic rings. The van der Waals surface area contributed by atoms with E-state index in [1.807, 2.05) is 19.1 Å². The fraction of sp³-hybridized carbons (Fsp3) is 0.565. The van der Waals surface area contributed by atoms with Crippen LogP contribution in [0.15, 0.2) is 24.3 Å². The molecule has 2 aromatic carbocycles. The number of benzene rings is 2. The second-order valence-corrected chi connectivity index (χ2v) is 8.91. The molecule has 0 aromatic heterocycles. The van der Waals surface area contributed by atoms with Gasteiger partial charge < -0.3 is 9.47 Å². The lowest BCUT2D eigenvalue weighted by atomic mass is 9.71. The Morgan fingerprint density at radius 3 is 2.31 bits per heavy atom. The SMILES string of the molecule is CCc1c(F)ccc2cc(OCOC)cc(C3CC(C)(C)C(C)(C)C3)c12. The molecule has 2 aromatic rings. The van der Waals surface area contributed by atoms with E-state index in [1.165, 1.54) is 5.56 Å². The molecular weight excluding hydrogens is 327 g/mol. The molecule has 0 amide bonds. The normalized spacial score (nSPS) is 19.2. The molecule has 1 saturated carbocycles. The molecule has 0 bridgehead atoms. The van der Waals surface area contributed by atoms with Crippen LogP contribution in [0.1, 0.15) is 64.5 Å². The molecule has 0 heterocycles. The van der Waals surface area contributed by atoms with Crippen molar-refractivity contribution in [1.29, 1.82) is 0 Å². The van der Waals surface area contributed by atoms with Gasteiger partial charge in [0, 0.05) is 7.11 Å². The molecule has 0 saturated heterocycles. The molecule has 26 heavy (non-hydrogen) atoms. The van der Waals surface area contributed by atoms with Crippen LogP contribution in [0.5, 0.6) is 5.75 Å². The second-order valence-electron chi connectivity index (χ2n) is 8.91. The van der Waals surface area contributed by atoms with E-state index in [9.17, 15) is 4.39 Å². The quantitative estimate of drug-likeness (QED) is 0.572. The standard InChI is InChI=1S/C23H31FO2/c1-7-18-20(24)9-8-15-10-17(26-14-25-6)11-19(21(15)18)16-12-22(2,3)23(4,5)13-16/h8-11,16H,7,12-14H2,1-6H3. The number of methoxy groups -OCH3 is 1. The van der Waals surface area contributed by atoms with Crippen molar-refractivity contribution in [2.24, 2.45) is 10.8 Å². The lowest BCUT2D eigenvalue weighted by Crippen LogP contribution is -2.25. The summed E-state index contributed by atoms with van der Waals surface area (Å²) in [5, 5.41) is 2.13. The molecular formula is C23H31FO2. The molecule has 2 nitrogen and oxygen atoms in total. The van der Waals surface area contributed by atoms with Crippen LogP contribution in [0.2, 0.25) is 0 Å². The lowest BCUT2D eigenvalue weighted by molar-refractivity contribution is 0.0511. The van der Waals surface area contributed by atoms with Gasteiger partial charge in [-0.15, -0.1) is 0 Å². The van der Waals surface area contributed by atoms with Crippen molar-refractivity contribution < 1.29 is 13.9 Å². The van der Waals surface area contributed by atoms with E-state index in [0.29, 0.717) is 12.3 Å². The predicted molar refractivity (Wildman–Crippen MR) is 105 cm³/mol. The molecule has 3 rings (SSSR count). The molecule has 0 spiro atoms. The van der Waals surface area contributed by atoms with Gasteiger partial charge in [-0.2, -0.15) is 0 Å². The Bertz CT molecular complexity index is 791. The topological polar surface area (TPSA) is 18.5 Å². The molecule has 0 radical (unpaired) electrons. The zero-order chi connectivity index (χ0) is 19.1. The minimum Gasteiger partial charge on any atom is -0.468 e. The van der Waals surface area contributed by atoms with Crippen molar-refractivity contribution in [2.75, 3.05) is 13.9 Å². The van der Waals surface area contributed by atoms with Crippen LogP contribution in [0.25, 0.3) is 10.8 Å². The molecule has 142 valence electrons. The number of ether oxygens (including phenoxy) is 2. The van der Waals surface area contributed by atoms with Crippen LogP contribution in [-0.4, -0.2) is 13.9 Å². The Kier molecular flexibility index (Phi) is 5.04. The Hall–Kier alpha value is -1.61. The highest BCUT2D eigenvalue weighted by atomic mass is 19.1. The van der Waals surface area contributed by atoms with E-state index in [2.05, 4.69) is 33.8 Å². The molecule has 0 unspecified atom stereocenters. The molecule has 0 N–H and O–H groups in total. The lowest BCUT2D eigenvalue weighted by Gasteiger charge is -2.34. The predicted octanol–water partition coefficient (Wildman–Crippen LogP) is 6.45. The van der Waals surface area contributed by atoms with Crippen molar-refractivity contribution >= 4 is 10.8 Å². The first kappa shape index (κ1) is 19.2. The first-order valence-corrected chi connectivity index (χ1v) is 9.57. The van der Waals surface area contributed by atoms with Crippen molar-refractivity contribution in [3.8, 4) is 5.75 Å². The zero-order valence-corrected chi connectivity index (χ0v) is 16.9. The van der Waals surface area contributed by atoms with Crippen LogP contribution in [-0.2, 0) is 11.2 Å². The van der Waals surface area contributed by atoms with E-state index >= 15 is 0 Å². The van der Waals surface area contributed by atoms with E-state index in [1.54, 1.807) is 13.2 Å². The van der Waals surface area contributed by atoms with Crippen LogP contribution in [0, 0.1) is 16.6 Å². The minimum absolute atomic E-state index is 0.108. The smallest absolute Gasteiger partial charge is 0.188 e. The molecule has 3 heteroatoms.